The minimum Gasteiger partial charge on any atom is -0.373 e. The number of primary amides is 1. The van der Waals surface area contributed by atoms with Gasteiger partial charge in [-0.15, -0.1) is 0 Å². The van der Waals surface area contributed by atoms with E-state index >= 15 is 0 Å². The van der Waals surface area contributed by atoms with E-state index in [4.69, 9.17) is 5.73 Å². The van der Waals surface area contributed by atoms with Gasteiger partial charge >= 0.3 is 0 Å². The van der Waals surface area contributed by atoms with Crippen molar-refractivity contribution >= 4 is 27.5 Å². The van der Waals surface area contributed by atoms with E-state index in [-0.39, 0.29) is 0 Å². The quantitative estimate of drug-likeness (QED) is 0.855. The van der Waals surface area contributed by atoms with Crippen LogP contribution in [-0.2, 0) is 0 Å². The molecule has 5 heteroatoms. The van der Waals surface area contributed by atoms with E-state index in [2.05, 4.69) is 21.2 Å². The largest absolute Gasteiger partial charge is 0.373 e. The predicted octanol–water partition coefficient (Wildman–Crippen LogP) is 1.20. The summed E-state index contributed by atoms with van der Waals surface area (Å²) in [7, 11) is 3.83. The monoisotopic (exact) mass is 285 g/mol. The summed E-state index contributed by atoms with van der Waals surface area (Å²) in [6.45, 7) is 1.66. The lowest BCUT2D eigenvalue weighted by Gasteiger charge is -2.21. The minimum atomic E-state index is -0.404. The average molecular weight is 286 g/mol. The van der Waals surface area contributed by atoms with Crippen LogP contribution in [0.1, 0.15) is 10.4 Å². The summed E-state index contributed by atoms with van der Waals surface area (Å²) in [5.74, 6) is -0.404. The van der Waals surface area contributed by atoms with Gasteiger partial charge in [0, 0.05) is 24.6 Å². The van der Waals surface area contributed by atoms with E-state index in [1.807, 2.05) is 31.1 Å². The Kier molecular flexibility index (Phi) is 4.76. The van der Waals surface area contributed by atoms with Crippen molar-refractivity contribution in [2.75, 3.05) is 32.1 Å². The van der Waals surface area contributed by atoms with Gasteiger partial charge in [-0.1, -0.05) is 15.9 Å². The highest BCUT2D eigenvalue weighted by atomic mass is 79.9. The topological polar surface area (TPSA) is 58.4 Å². The summed E-state index contributed by atoms with van der Waals surface area (Å²) >= 11 is 3.39. The smallest absolute Gasteiger partial charge is 0.250 e. The van der Waals surface area contributed by atoms with E-state index < -0.39 is 5.91 Å². The second-order valence-electron chi connectivity index (χ2n) is 3.55. The fourth-order valence-electron chi connectivity index (χ4n) is 1.43. The van der Waals surface area contributed by atoms with Crippen LogP contribution in [0.2, 0.25) is 0 Å². The molecule has 4 nitrogen and oxygen atoms in total. The number of likely N-dealkylation sites (N-methyl/N-ethyl adjacent to an activating group) is 2. The van der Waals surface area contributed by atoms with Crippen LogP contribution in [0.5, 0.6) is 0 Å². The van der Waals surface area contributed by atoms with E-state index in [0.717, 1.165) is 23.2 Å². The fraction of sp³-hybridized carbons (Fsp3) is 0.364. The number of nitrogens with two attached hydrogens (primary N) is 1. The maximum Gasteiger partial charge on any atom is 0.250 e. The first-order valence-electron chi connectivity index (χ1n) is 5.01. The van der Waals surface area contributed by atoms with Crippen LogP contribution in [-0.4, -0.2) is 33.1 Å². The third-order valence-electron chi connectivity index (χ3n) is 2.33. The molecule has 1 rings (SSSR count). The fourth-order valence-corrected chi connectivity index (χ4v) is 1.78. The lowest BCUT2D eigenvalue weighted by Crippen LogP contribution is -2.29. The molecule has 0 bridgehead atoms. The molecular weight excluding hydrogens is 270 g/mol. The van der Waals surface area contributed by atoms with E-state index in [1.54, 1.807) is 6.07 Å². The highest BCUT2D eigenvalue weighted by molar-refractivity contribution is 9.10. The highest BCUT2D eigenvalue weighted by Crippen LogP contribution is 2.23. The van der Waals surface area contributed by atoms with Crippen LogP contribution in [0.4, 0.5) is 5.69 Å². The Balaban J connectivity index is 2.99. The minimum absolute atomic E-state index is 0.404. The number of hydrogen-bond donors (Lipinski definition) is 2. The number of carbonyl (C=O) groups is 1. The molecule has 0 aliphatic heterocycles. The van der Waals surface area contributed by atoms with Gasteiger partial charge in [0.2, 0.25) is 0 Å². The summed E-state index contributed by atoms with van der Waals surface area (Å²) in [4.78, 5) is 13.3. The number of halogens is 1. The van der Waals surface area contributed by atoms with Gasteiger partial charge in [-0.25, -0.2) is 0 Å². The molecule has 3 N–H and O–H groups in total. The molecule has 0 aliphatic carbocycles. The van der Waals surface area contributed by atoms with Crippen molar-refractivity contribution in [3.05, 3.63) is 28.2 Å². The Hall–Kier alpha value is -1.07. The molecular formula is C11H16BrN3O. The summed E-state index contributed by atoms with van der Waals surface area (Å²) < 4.78 is 0.934. The van der Waals surface area contributed by atoms with E-state index in [9.17, 15) is 4.79 Å². The number of rotatable bonds is 5. The molecule has 0 aromatic heterocycles. The molecule has 88 valence electrons. The Morgan fingerprint density at radius 2 is 2.25 bits per heavy atom. The first-order valence-corrected chi connectivity index (χ1v) is 5.80. The van der Waals surface area contributed by atoms with Gasteiger partial charge in [0.25, 0.3) is 5.91 Å². The maximum atomic E-state index is 11.3. The van der Waals surface area contributed by atoms with Crippen LogP contribution >= 0.6 is 15.9 Å². The van der Waals surface area contributed by atoms with Crippen molar-refractivity contribution in [1.82, 2.24) is 5.32 Å². The number of nitrogens with zero attached hydrogens (tertiary/aromatic N) is 1. The third kappa shape index (κ3) is 3.21. The Bertz CT molecular complexity index is 381. The molecule has 0 aliphatic rings. The zero-order valence-electron chi connectivity index (χ0n) is 9.46. The summed E-state index contributed by atoms with van der Waals surface area (Å²) in [5.41, 5.74) is 6.72. The van der Waals surface area contributed by atoms with Crippen molar-refractivity contribution in [3.63, 3.8) is 0 Å². The van der Waals surface area contributed by atoms with Gasteiger partial charge in [0.1, 0.15) is 0 Å². The molecule has 0 saturated heterocycles. The molecule has 0 saturated carbocycles. The number of benzene rings is 1. The molecule has 1 aromatic carbocycles. The van der Waals surface area contributed by atoms with E-state index in [1.165, 1.54) is 0 Å². The lowest BCUT2D eigenvalue weighted by atomic mass is 10.1. The number of amides is 1. The number of hydrogen-bond acceptors (Lipinski definition) is 3. The van der Waals surface area contributed by atoms with Gasteiger partial charge in [0.15, 0.2) is 0 Å². The first kappa shape index (κ1) is 13.0. The van der Waals surface area contributed by atoms with Crippen molar-refractivity contribution in [1.29, 1.82) is 0 Å². The predicted molar refractivity (Wildman–Crippen MR) is 69.9 cm³/mol. The molecule has 0 unspecified atom stereocenters. The summed E-state index contributed by atoms with van der Waals surface area (Å²) in [6.07, 6.45) is 0. The normalized spacial score (nSPS) is 10.2. The Labute approximate surface area is 104 Å². The van der Waals surface area contributed by atoms with Crippen LogP contribution in [0.3, 0.4) is 0 Å². The molecule has 0 heterocycles. The summed E-state index contributed by atoms with van der Waals surface area (Å²) in [6, 6.07) is 5.45. The molecule has 0 radical (unpaired) electrons. The molecule has 16 heavy (non-hydrogen) atoms. The third-order valence-corrected chi connectivity index (χ3v) is 2.83. The number of nitrogens with one attached hydrogen (secondary N) is 1. The molecule has 1 aromatic rings. The van der Waals surface area contributed by atoms with Gasteiger partial charge in [-0.3, -0.25) is 4.79 Å². The molecule has 0 fully saturated rings. The van der Waals surface area contributed by atoms with Crippen molar-refractivity contribution < 1.29 is 4.79 Å². The molecule has 0 atom stereocenters. The molecule has 1 amide bonds. The first-order chi connectivity index (χ1) is 7.56. The lowest BCUT2D eigenvalue weighted by molar-refractivity contribution is 0.100. The second-order valence-corrected chi connectivity index (χ2v) is 4.47. The Morgan fingerprint density at radius 3 is 2.81 bits per heavy atom. The zero-order chi connectivity index (χ0) is 12.1. The number of anilines is 1. The standard InChI is InChI=1S/C11H16BrN3O/c1-14-5-6-15(2)10-7-8(12)3-4-9(10)11(13)16/h3-4,7,14H,5-6H2,1-2H3,(H2,13,16). The van der Waals surface area contributed by atoms with Gasteiger partial charge in [0.05, 0.1) is 11.3 Å². The highest BCUT2D eigenvalue weighted by Gasteiger charge is 2.11. The molecule has 0 spiro atoms. The average Bonchev–Trinajstić information content (AvgIpc) is 2.25. The van der Waals surface area contributed by atoms with Crippen molar-refractivity contribution in [3.8, 4) is 0 Å². The summed E-state index contributed by atoms with van der Waals surface area (Å²) in [5, 5.41) is 3.06. The maximum absolute atomic E-state index is 11.3. The van der Waals surface area contributed by atoms with Crippen molar-refractivity contribution in [2.45, 2.75) is 0 Å². The SMILES string of the molecule is CNCCN(C)c1cc(Br)ccc1C(N)=O. The van der Waals surface area contributed by atoms with Crippen LogP contribution in [0.15, 0.2) is 22.7 Å². The van der Waals surface area contributed by atoms with Crippen LogP contribution in [0, 0.1) is 0 Å². The van der Waals surface area contributed by atoms with Gasteiger partial charge in [-0.2, -0.15) is 0 Å². The zero-order valence-corrected chi connectivity index (χ0v) is 11.0. The van der Waals surface area contributed by atoms with Crippen molar-refractivity contribution in [2.24, 2.45) is 5.73 Å². The van der Waals surface area contributed by atoms with E-state index in [0.29, 0.717) is 5.56 Å². The van der Waals surface area contributed by atoms with Crippen LogP contribution in [0.25, 0.3) is 0 Å². The number of carbonyl (C=O) groups excluding carboxylic acids is 1. The van der Waals surface area contributed by atoms with Gasteiger partial charge < -0.3 is 16.0 Å². The Morgan fingerprint density at radius 1 is 1.56 bits per heavy atom. The van der Waals surface area contributed by atoms with Crippen LogP contribution < -0.4 is 16.0 Å². The second kappa shape index (κ2) is 5.86. The van der Waals surface area contributed by atoms with Gasteiger partial charge in [-0.05, 0) is 25.2 Å².